The highest BCUT2D eigenvalue weighted by molar-refractivity contribution is 5.95. The Morgan fingerprint density at radius 2 is 1.73 bits per heavy atom. The van der Waals surface area contributed by atoms with Crippen LogP contribution in [0.3, 0.4) is 0 Å². The highest BCUT2D eigenvalue weighted by Crippen LogP contribution is 2.32. The number of fused-ring (bicyclic) bond motifs is 1. The van der Waals surface area contributed by atoms with Crippen molar-refractivity contribution in [3.05, 3.63) is 90.3 Å². The summed E-state index contributed by atoms with van der Waals surface area (Å²) in [6, 6.07) is 24.7. The summed E-state index contributed by atoms with van der Waals surface area (Å²) >= 11 is 0. The number of benzene rings is 2. The lowest BCUT2D eigenvalue weighted by atomic mass is 9.90. The first kappa shape index (κ1) is 18.6. The SMILES string of the molecule is O=C(Cc1c(-c2ccccc2)[nH]c2ccccc12)N(Cc1ccccn1)C1CCC1. The Balaban J connectivity index is 1.50. The number of carbonyl (C=O) groups is 1. The molecule has 0 aliphatic heterocycles. The number of rotatable bonds is 6. The molecule has 1 amide bonds. The van der Waals surface area contributed by atoms with Crippen LogP contribution in [0.15, 0.2) is 79.0 Å². The molecule has 2 heterocycles. The van der Waals surface area contributed by atoms with Gasteiger partial charge in [-0.3, -0.25) is 9.78 Å². The number of H-pyrrole nitrogens is 1. The van der Waals surface area contributed by atoms with E-state index in [0.717, 1.165) is 46.3 Å². The van der Waals surface area contributed by atoms with Crippen LogP contribution in [0.1, 0.15) is 30.5 Å². The fraction of sp³-hybridized carbons (Fsp3) is 0.231. The number of hydrogen-bond donors (Lipinski definition) is 1. The van der Waals surface area contributed by atoms with Gasteiger partial charge in [-0.25, -0.2) is 0 Å². The number of aromatic amines is 1. The molecule has 1 aliphatic rings. The van der Waals surface area contributed by atoms with E-state index in [-0.39, 0.29) is 5.91 Å². The van der Waals surface area contributed by atoms with Crippen molar-refractivity contribution >= 4 is 16.8 Å². The van der Waals surface area contributed by atoms with Gasteiger partial charge in [-0.2, -0.15) is 0 Å². The van der Waals surface area contributed by atoms with Crippen molar-refractivity contribution in [3.63, 3.8) is 0 Å². The minimum atomic E-state index is 0.173. The smallest absolute Gasteiger partial charge is 0.227 e. The third kappa shape index (κ3) is 3.61. The van der Waals surface area contributed by atoms with Crippen molar-refractivity contribution in [3.8, 4) is 11.3 Å². The molecule has 0 atom stereocenters. The zero-order valence-corrected chi connectivity index (χ0v) is 16.9. The quantitative estimate of drug-likeness (QED) is 0.478. The van der Waals surface area contributed by atoms with Crippen molar-refractivity contribution < 1.29 is 4.79 Å². The predicted molar refractivity (Wildman–Crippen MR) is 120 cm³/mol. The molecular formula is C26H25N3O. The fourth-order valence-electron chi connectivity index (χ4n) is 4.27. The number of hydrogen-bond acceptors (Lipinski definition) is 2. The average Bonchev–Trinajstić information content (AvgIpc) is 3.12. The average molecular weight is 396 g/mol. The summed E-state index contributed by atoms with van der Waals surface area (Å²) in [6.45, 7) is 0.577. The van der Waals surface area contributed by atoms with Crippen LogP contribution in [0.25, 0.3) is 22.2 Å². The molecule has 1 aliphatic carbocycles. The minimum absolute atomic E-state index is 0.173. The van der Waals surface area contributed by atoms with Crippen LogP contribution in [0.5, 0.6) is 0 Å². The largest absolute Gasteiger partial charge is 0.354 e. The van der Waals surface area contributed by atoms with Gasteiger partial charge in [0.1, 0.15) is 0 Å². The maximum atomic E-state index is 13.6. The summed E-state index contributed by atoms with van der Waals surface area (Å²) in [6.07, 6.45) is 5.54. The fourth-order valence-corrected chi connectivity index (χ4v) is 4.27. The van der Waals surface area contributed by atoms with Crippen LogP contribution in [0, 0.1) is 0 Å². The van der Waals surface area contributed by atoms with E-state index in [1.165, 1.54) is 6.42 Å². The van der Waals surface area contributed by atoms with E-state index >= 15 is 0 Å². The highest BCUT2D eigenvalue weighted by Gasteiger charge is 2.30. The van der Waals surface area contributed by atoms with Crippen molar-refractivity contribution in [1.29, 1.82) is 0 Å². The molecule has 2 aromatic carbocycles. The van der Waals surface area contributed by atoms with Gasteiger partial charge >= 0.3 is 0 Å². The van der Waals surface area contributed by atoms with E-state index in [4.69, 9.17) is 0 Å². The summed E-state index contributed by atoms with van der Waals surface area (Å²) in [5.41, 5.74) is 5.24. The number of carbonyl (C=O) groups excluding carboxylic acids is 1. The van der Waals surface area contributed by atoms with Crippen LogP contribution in [0.4, 0.5) is 0 Å². The maximum absolute atomic E-state index is 13.6. The van der Waals surface area contributed by atoms with E-state index in [9.17, 15) is 4.79 Å². The van der Waals surface area contributed by atoms with Gasteiger partial charge in [0.25, 0.3) is 0 Å². The molecule has 4 nitrogen and oxygen atoms in total. The monoisotopic (exact) mass is 395 g/mol. The zero-order valence-electron chi connectivity index (χ0n) is 16.9. The number of pyridine rings is 1. The summed E-state index contributed by atoms with van der Waals surface area (Å²) in [4.78, 5) is 23.6. The molecule has 0 unspecified atom stereocenters. The van der Waals surface area contributed by atoms with Crippen molar-refractivity contribution in [1.82, 2.24) is 14.9 Å². The van der Waals surface area contributed by atoms with Crippen LogP contribution in [-0.2, 0) is 17.8 Å². The van der Waals surface area contributed by atoms with E-state index in [1.54, 1.807) is 6.20 Å². The molecule has 4 heteroatoms. The maximum Gasteiger partial charge on any atom is 0.227 e. The normalized spacial score (nSPS) is 13.9. The lowest BCUT2D eigenvalue weighted by Crippen LogP contribution is -2.44. The first-order valence-corrected chi connectivity index (χ1v) is 10.6. The summed E-state index contributed by atoms with van der Waals surface area (Å²) in [5, 5.41) is 1.12. The van der Waals surface area contributed by atoms with Gasteiger partial charge < -0.3 is 9.88 Å². The predicted octanol–water partition coefficient (Wildman–Crippen LogP) is 5.35. The Bertz CT molecular complexity index is 1150. The Morgan fingerprint density at radius 3 is 2.47 bits per heavy atom. The second kappa shape index (κ2) is 8.15. The summed E-state index contributed by atoms with van der Waals surface area (Å²) in [5.74, 6) is 0.173. The van der Waals surface area contributed by atoms with Gasteiger partial charge in [0, 0.05) is 23.1 Å². The lowest BCUT2D eigenvalue weighted by molar-refractivity contribution is -0.135. The van der Waals surface area contributed by atoms with E-state index in [0.29, 0.717) is 19.0 Å². The third-order valence-corrected chi connectivity index (χ3v) is 6.10. The van der Waals surface area contributed by atoms with E-state index < -0.39 is 0 Å². The first-order chi connectivity index (χ1) is 14.8. The van der Waals surface area contributed by atoms with Gasteiger partial charge in [0.05, 0.1) is 24.4 Å². The van der Waals surface area contributed by atoms with Crippen LogP contribution < -0.4 is 0 Å². The van der Waals surface area contributed by atoms with Crippen LogP contribution in [0.2, 0.25) is 0 Å². The second-order valence-electron chi connectivity index (χ2n) is 7.99. The molecule has 0 saturated heterocycles. The Labute approximate surface area is 176 Å². The zero-order chi connectivity index (χ0) is 20.3. The Morgan fingerprint density at radius 1 is 0.967 bits per heavy atom. The van der Waals surface area contributed by atoms with Gasteiger partial charge in [-0.1, -0.05) is 54.6 Å². The second-order valence-corrected chi connectivity index (χ2v) is 7.99. The number of nitrogens with one attached hydrogen (secondary N) is 1. The van der Waals surface area contributed by atoms with Crippen molar-refractivity contribution in [2.24, 2.45) is 0 Å². The summed E-state index contributed by atoms with van der Waals surface area (Å²) in [7, 11) is 0. The standard InChI is InChI=1S/C26H25N3O/c30-25(29(21-12-8-13-21)18-20-11-6-7-16-27-20)17-23-22-14-4-5-15-24(22)28-26(23)19-9-2-1-3-10-19/h1-7,9-11,14-16,21,28H,8,12-13,17-18H2. The van der Waals surface area contributed by atoms with Gasteiger partial charge in [-0.05, 0) is 48.6 Å². The van der Waals surface area contributed by atoms with Crippen LogP contribution in [-0.4, -0.2) is 26.8 Å². The lowest BCUT2D eigenvalue weighted by Gasteiger charge is -2.37. The van der Waals surface area contributed by atoms with Crippen molar-refractivity contribution in [2.75, 3.05) is 0 Å². The molecule has 1 fully saturated rings. The third-order valence-electron chi connectivity index (χ3n) is 6.10. The molecule has 5 rings (SSSR count). The number of aromatic nitrogens is 2. The molecule has 2 aromatic heterocycles. The molecule has 0 radical (unpaired) electrons. The Kier molecular flexibility index (Phi) is 5.06. The molecule has 0 spiro atoms. The molecule has 0 bridgehead atoms. The first-order valence-electron chi connectivity index (χ1n) is 10.6. The van der Waals surface area contributed by atoms with E-state index in [1.807, 2.05) is 53.4 Å². The molecule has 1 N–H and O–H groups in total. The minimum Gasteiger partial charge on any atom is -0.354 e. The van der Waals surface area contributed by atoms with Crippen LogP contribution >= 0.6 is 0 Å². The van der Waals surface area contributed by atoms with Gasteiger partial charge in [0.15, 0.2) is 0 Å². The van der Waals surface area contributed by atoms with Gasteiger partial charge in [-0.15, -0.1) is 0 Å². The van der Waals surface area contributed by atoms with E-state index in [2.05, 4.69) is 34.2 Å². The number of nitrogens with zero attached hydrogens (tertiary/aromatic N) is 2. The van der Waals surface area contributed by atoms with Crippen molar-refractivity contribution in [2.45, 2.75) is 38.3 Å². The highest BCUT2D eigenvalue weighted by atomic mass is 16.2. The molecule has 150 valence electrons. The summed E-state index contributed by atoms with van der Waals surface area (Å²) < 4.78 is 0. The molecular weight excluding hydrogens is 370 g/mol. The molecule has 30 heavy (non-hydrogen) atoms. The number of amides is 1. The molecule has 4 aromatic rings. The molecule has 1 saturated carbocycles. The Hall–Kier alpha value is -3.40. The van der Waals surface area contributed by atoms with Gasteiger partial charge in [0.2, 0.25) is 5.91 Å². The topological polar surface area (TPSA) is 49.0 Å². The number of para-hydroxylation sites is 1.